The van der Waals surface area contributed by atoms with Crippen LogP contribution in [0.4, 0.5) is 5.69 Å². The summed E-state index contributed by atoms with van der Waals surface area (Å²) in [7, 11) is 3.92. The summed E-state index contributed by atoms with van der Waals surface area (Å²) in [5.74, 6) is -0.349. The van der Waals surface area contributed by atoms with Crippen molar-refractivity contribution in [3.8, 4) is 11.1 Å². The van der Waals surface area contributed by atoms with Crippen LogP contribution in [0.1, 0.15) is 15.9 Å². The molecule has 0 fully saturated rings. The lowest BCUT2D eigenvalue weighted by Crippen LogP contribution is -2.46. The van der Waals surface area contributed by atoms with Gasteiger partial charge in [-0.3, -0.25) is 14.1 Å². The molecule has 3 heterocycles. The largest absolute Gasteiger partial charge is 0.365 e. The first-order valence-electron chi connectivity index (χ1n) is 9.00. The van der Waals surface area contributed by atoms with Crippen LogP contribution >= 0.6 is 0 Å². The zero-order chi connectivity index (χ0) is 19.2. The van der Waals surface area contributed by atoms with Crippen LogP contribution in [0.2, 0.25) is 0 Å². The SMILES string of the molecule is C[N+](C)(CC(N)=O)c1ccc(-c2cn3cccc4c3c2CCNC4=O)cc1. The second-order valence-electron chi connectivity index (χ2n) is 7.56. The fourth-order valence-electron chi connectivity index (χ4n) is 3.90. The molecule has 1 aliphatic rings. The minimum atomic E-state index is -0.326. The molecule has 4 rings (SSSR count). The highest BCUT2D eigenvalue weighted by Gasteiger charge is 2.24. The maximum atomic E-state index is 12.3. The zero-order valence-corrected chi connectivity index (χ0v) is 15.5. The number of quaternary nitrogens is 1. The van der Waals surface area contributed by atoms with Crippen molar-refractivity contribution in [1.29, 1.82) is 0 Å². The molecule has 1 aromatic carbocycles. The van der Waals surface area contributed by atoms with E-state index in [1.54, 1.807) is 0 Å². The van der Waals surface area contributed by atoms with E-state index in [9.17, 15) is 9.59 Å². The number of amides is 2. The Kier molecular flexibility index (Phi) is 4.00. The summed E-state index contributed by atoms with van der Waals surface area (Å²) >= 11 is 0. The lowest BCUT2D eigenvalue weighted by Gasteiger charge is -2.27. The van der Waals surface area contributed by atoms with Gasteiger partial charge in [-0.15, -0.1) is 0 Å². The Morgan fingerprint density at radius 2 is 1.93 bits per heavy atom. The van der Waals surface area contributed by atoms with Crippen molar-refractivity contribution in [2.75, 3.05) is 27.2 Å². The second kappa shape index (κ2) is 6.25. The van der Waals surface area contributed by atoms with Gasteiger partial charge in [0.05, 0.1) is 25.2 Å². The first-order valence-corrected chi connectivity index (χ1v) is 9.00. The Balaban J connectivity index is 1.79. The summed E-state index contributed by atoms with van der Waals surface area (Å²) < 4.78 is 2.44. The Hall–Kier alpha value is -3.12. The van der Waals surface area contributed by atoms with Crippen LogP contribution in [0.15, 0.2) is 48.8 Å². The normalized spacial score (nSPS) is 14.1. The minimum absolute atomic E-state index is 0.0233. The van der Waals surface area contributed by atoms with Crippen molar-refractivity contribution < 1.29 is 9.59 Å². The van der Waals surface area contributed by atoms with Crippen molar-refractivity contribution in [1.82, 2.24) is 14.2 Å². The molecule has 6 heteroatoms. The van der Waals surface area contributed by atoms with Gasteiger partial charge in [0, 0.05) is 24.5 Å². The summed E-state index contributed by atoms with van der Waals surface area (Å²) in [5, 5.41) is 2.96. The van der Waals surface area contributed by atoms with E-state index in [0.29, 0.717) is 16.6 Å². The van der Waals surface area contributed by atoms with Gasteiger partial charge in [0.2, 0.25) is 0 Å². The summed E-state index contributed by atoms with van der Waals surface area (Å²) in [6.45, 7) is 0.874. The molecular formula is C21H23N4O2+. The average Bonchev–Trinajstić information content (AvgIpc) is 2.90. The first-order chi connectivity index (χ1) is 12.9. The number of nitrogens with one attached hydrogen (secondary N) is 1. The lowest BCUT2D eigenvalue weighted by atomic mass is 10.00. The number of nitrogens with two attached hydrogens (primary N) is 1. The van der Waals surface area contributed by atoms with E-state index in [4.69, 9.17) is 5.73 Å². The van der Waals surface area contributed by atoms with Gasteiger partial charge in [-0.05, 0) is 53.9 Å². The van der Waals surface area contributed by atoms with Crippen LogP contribution in [-0.4, -0.2) is 43.4 Å². The summed E-state index contributed by atoms with van der Waals surface area (Å²) in [5.41, 5.74) is 11.5. The molecule has 138 valence electrons. The van der Waals surface area contributed by atoms with E-state index >= 15 is 0 Å². The van der Waals surface area contributed by atoms with Gasteiger partial charge >= 0.3 is 0 Å². The number of rotatable bonds is 4. The van der Waals surface area contributed by atoms with Gasteiger partial charge in [0.25, 0.3) is 11.8 Å². The molecule has 3 aromatic rings. The predicted octanol–water partition coefficient (Wildman–Crippen LogP) is 1.94. The molecule has 0 unspecified atom stereocenters. The third kappa shape index (κ3) is 2.98. The van der Waals surface area contributed by atoms with E-state index in [1.807, 2.05) is 49.0 Å². The zero-order valence-electron chi connectivity index (χ0n) is 15.5. The number of aromatic nitrogens is 1. The van der Waals surface area contributed by atoms with Gasteiger partial charge in [0.15, 0.2) is 6.54 Å². The molecule has 0 radical (unpaired) electrons. The summed E-state index contributed by atoms with van der Waals surface area (Å²) in [6.07, 6.45) is 4.86. The molecular weight excluding hydrogens is 340 g/mol. The topological polar surface area (TPSA) is 76.6 Å². The highest BCUT2D eigenvalue weighted by atomic mass is 16.2. The molecule has 0 bridgehead atoms. The van der Waals surface area contributed by atoms with E-state index in [-0.39, 0.29) is 18.4 Å². The van der Waals surface area contributed by atoms with Crippen LogP contribution < -0.4 is 15.5 Å². The van der Waals surface area contributed by atoms with Crippen molar-refractivity contribution in [3.63, 3.8) is 0 Å². The number of primary amides is 1. The van der Waals surface area contributed by atoms with Gasteiger partial charge in [-0.25, -0.2) is 0 Å². The minimum Gasteiger partial charge on any atom is -0.365 e. The number of carbonyl (C=O) groups excluding carboxylic acids is 2. The molecule has 0 spiro atoms. The monoisotopic (exact) mass is 363 g/mol. The van der Waals surface area contributed by atoms with Crippen LogP contribution in [0, 0.1) is 0 Å². The van der Waals surface area contributed by atoms with Crippen molar-refractivity contribution in [2.45, 2.75) is 6.42 Å². The molecule has 3 N–H and O–H groups in total. The van der Waals surface area contributed by atoms with Gasteiger partial charge in [0.1, 0.15) is 5.69 Å². The molecule has 0 atom stereocenters. The number of hydrogen-bond acceptors (Lipinski definition) is 2. The molecule has 6 nitrogen and oxygen atoms in total. The molecule has 2 amide bonds. The smallest absolute Gasteiger partial charge is 0.273 e. The van der Waals surface area contributed by atoms with Crippen molar-refractivity contribution in [2.24, 2.45) is 5.73 Å². The van der Waals surface area contributed by atoms with Crippen LogP contribution in [0.3, 0.4) is 0 Å². The third-order valence-electron chi connectivity index (χ3n) is 5.24. The van der Waals surface area contributed by atoms with E-state index < -0.39 is 0 Å². The maximum Gasteiger partial charge on any atom is 0.273 e. The number of benzene rings is 1. The Bertz CT molecular complexity index is 1050. The van der Waals surface area contributed by atoms with Crippen LogP contribution in [0.25, 0.3) is 16.6 Å². The van der Waals surface area contributed by atoms with E-state index in [2.05, 4.69) is 23.6 Å². The Morgan fingerprint density at radius 1 is 1.19 bits per heavy atom. The number of hydrogen-bond donors (Lipinski definition) is 2. The van der Waals surface area contributed by atoms with Gasteiger partial charge < -0.3 is 15.5 Å². The molecule has 0 aliphatic carbocycles. The molecule has 27 heavy (non-hydrogen) atoms. The van der Waals surface area contributed by atoms with Gasteiger partial charge in [-0.2, -0.15) is 0 Å². The Morgan fingerprint density at radius 3 is 2.63 bits per heavy atom. The van der Waals surface area contributed by atoms with Crippen molar-refractivity contribution >= 4 is 23.0 Å². The highest BCUT2D eigenvalue weighted by Crippen LogP contribution is 2.33. The van der Waals surface area contributed by atoms with E-state index in [1.165, 1.54) is 5.56 Å². The van der Waals surface area contributed by atoms with Gasteiger partial charge in [-0.1, -0.05) is 0 Å². The third-order valence-corrected chi connectivity index (χ3v) is 5.24. The first kappa shape index (κ1) is 17.3. The van der Waals surface area contributed by atoms with Crippen LogP contribution in [-0.2, 0) is 11.2 Å². The number of pyridine rings is 1. The number of carbonyl (C=O) groups is 2. The molecule has 2 aromatic heterocycles. The maximum absolute atomic E-state index is 12.3. The fraction of sp³-hybridized carbons (Fsp3) is 0.238. The lowest BCUT2D eigenvalue weighted by molar-refractivity contribution is -0.118. The van der Waals surface area contributed by atoms with Crippen LogP contribution in [0.5, 0.6) is 0 Å². The molecule has 0 saturated carbocycles. The predicted molar refractivity (Wildman–Crippen MR) is 107 cm³/mol. The number of likely N-dealkylation sites (N-methyl/N-ethyl adjacent to an activating group) is 1. The summed E-state index contributed by atoms with van der Waals surface area (Å²) in [4.78, 5) is 23.6. The summed E-state index contributed by atoms with van der Waals surface area (Å²) in [6, 6.07) is 12.0. The molecule has 0 saturated heterocycles. The van der Waals surface area contributed by atoms with E-state index in [0.717, 1.165) is 28.8 Å². The highest BCUT2D eigenvalue weighted by molar-refractivity contribution is 6.03. The standard InChI is InChI=1S/C21H22N4O2/c1-25(2,13-19(22)26)15-7-5-14(6-8-15)18-12-24-11-3-4-17-20(24)16(18)9-10-23-21(17)27/h3-8,11-12H,9-10,13H2,1-2H3,(H2-,22,23,26,27)/p+1. The molecule has 1 aliphatic heterocycles. The van der Waals surface area contributed by atoms with Crippen molar-refractivity contribution in [3.05, 3.63) is 59.9 Å². The Labute approximate surface area is 157 Å². The average molecular weight is 363 g/mol. The quantitative estimate of drug-likeness (QED) is 0.695. The second-order valence-corrected chi connectivity index (χ2v) is 7.56. The number of nitrogens with zero attached hydrogens (tertiary/aromatic N) is 2. The fourth-order valence-corrected chi connectivity index (χ4v) is 3.90.